The van der Waals surface area contributed by atoms with Gasteiger partial charge in [0, 0.05) is 0 Å². The van der Waals surface area contributed by atoms with Gasteiger partial charge in [-0.3, -0.25) is 9.69 Å². The molecule has 10 nitrogen and oxygen atoms in total. The number of halogens is 2. The molecule has 1 aliphatic heterocycles. The maximum absolute atomic E-state index is 12.7. The monoisotopic (exact) mass is 496 g/mol. The number of ether oxygens (including phenoxy) is 3. The molecule has 1 fully saturated rings. The first-order valence-corrected chi connectivity index (χ1v) is 10.1. The molecule has 0 aliphatic carbocycles. The average Bonchev–Trinajstić information content (AvgIpc) is 3.35. The summed E-state index contributed by atoms with van der Waals surface area (Å²) in [5.41, 5.74) is 0.378. The zero-order chi connectivity index (χ0) is 24.3. The summed E-state index contributed by atoms with van der Waals surface area (Å²) in [7, 11) is 2.43. The molecule has 1 N–H and O–H groups in total. The Morgan fingerprint density at radius 1 is 1.15 bits per heavy atom. The number of benzene rings is 1. The summed E-state index contributed by atoms with van der Waals surface area (Å²) >= 11 is 12.5. The fourth-order valence-corrected chi connectivity index (χ4v) is 3.47. The molecule has 33 heavy (non-hydrogen) atoms. The van der Waals surface area contributed by atoms with E-state index >= 15 is 0 Å². The van der Waals surface area contributed by atoms with Crippen LogP contribution >= 0.6 is 23.2 Å². The van der Waals surface area contributed by atoms with E-state index in [4.69, 9.17) is 32.4 Å². The highest BCUT2D eigenvalue weighted by atomic mass is 35.5. The highest BCUT2D eigenvalue weighted by Crippen LogP contribution is 2.36. The van der Waals surface area contributed by atoms with Crippen molar-refractivity contribution in [2.45, 2.75) is 19.6 Å². The molecule has 0 radical (unpaired) electrons. The second-order valence-corrected chi connectivity index (χ2v) is 7.55. The summed E-state index contributed by atoms with van der Waals surface area (Å²) in [4.78, 5) is 49.0. The first-order valence-electron chi connectivity index (χ1n) is 9.39. The van der Waals surface area contributed by atoms with Gasteiger partial charge in [-0.25, -0.2) is 14.4 Å². The number of hydrogen-bond donors (Lipinski definition) is 1. The van der Waals surface area contributed by atoms with Gasteiger partial charge in [0.15, 0.2) is 11.9 Å². The largest absolute Gasteiger partial charge is 0.476 e. The van der Waals surface area contributed by atoms with Gasteiger partial charge in [0.25, 0.3) is 5.91 Å². The molecular weight excluding hydrogens is 479 g/mol. The van der Waals surface area contributed by atoms with Crippen molar-refractivity contribution in [1.29, 1.82) is 0 Å². The Hall–Kier alpha value is -3.50. The number of amides is 3. The lowest BCUT2D eigenvalue weighted by Crippen LogP contribution is -2.30. The van der Waals surface area contributed by atoms with Gasteiger partial charge in [-0.15, -0.1) is 0 Å². The zero-order valence-electron chi connectivity index (χ0n) is 17.6. The third-order valence-electron chi connectivity index (χ3n) is 4.48. The van der Waals surface area contributed by atoms with E-state index < -0.39 is 30.0 Å². The maximum Gasteiger partial charge on any atom is 0.373 e. The van der Waals surface area contributed by atoms with Crippen LogP contribution in [0.5, 0.6) is 5.75 Å². The molecule has 3 rings (SSSR count). The fraction of sp³-hybridized carbons (Fsp3) is 0.238. The first-order chi connectivity index (χ1) is 15.6. The molecule has 1 aliphatic rings. The van der Waals surface area contributed by atoms with E-state index in [2.05, 4.69) is 14.8 Å². The number of methoxy groups -OCH3 is 2. The lowest BCUT2D eigenvalue weighted by molar-refractivity contribution is -0.147. The summed E-state index contributed by atoms with van der Waals surface area (Å²) in [6.45, 7) is 1.28. The Balaban J connectivity index is 1.78. The van der Waals surface area contributed by atoms with Gasteiger partial charge >= 0.3 is 18.0 Å². The van der Waals surface area contributed by atoms with E-state index in [0.717, 1.165) is 4.90 Å². The zero-order valence-corrected chi connectivity index (χ0v) is 19.2. The number of esters is 2. The number of rotatable bonds is 7. The van der Waals surface area contributed by atoms with Crippen molar-refractivity contribution in [3.8, 4) is 5.75 Å². The number of hydrogen-bond acceptors (Lipinski definition) is 8. The van der Waals surface area contributed by atoms with Crippen LogP contribution in [-0.2, 0) is 25.6 Å². The van der Waals surface area contributed by atoms with Gasteiger partial charge in [-0.05, 0) is 42.8 Å². The first kappa shape index (κ1) is 24.1. The van der Waals surface area contributed by atoms with Crippen molar-refractivity contribution < 1.29 is 37.8 Å². The Morgan fingerprint density at radius 3 is 2.42 bits per heavy atom. The Morgan fingerprint density at radius 2 is 1.82 bits per heavy atom. The highest BCUT2D eigenvalue weighted by Gasteiger charge is 2.34. The molecule has 0 saturated carbocycles. The van der Waals surface area contributed by atoms with Crippen LogP contribution in [0.4, 0.5) is 4.79 Å². The molecule has 1 saturated heterocycles. The molecular formula is C21H18Cl2N2O8. The lowest BCUT2D eigenvalue weighted by Gasteiger charge is -2.15. The number of carbonyl (C=O) groups excluding carboxylic acids is 4. The average molecular weight is 497 g/mol. The predicted octanol–water partition coefficient (Wildman–Crippen LogP) is 3.41. The van der Waals surface area contributed by atoms with Crippen molar-refractivity contribution in [3.05, 3.63) is 57.1 Å². The second-order valence-electron chi connectivity index (χ2n) is 6.73. The Labute approximate surface area is 198 Å². The van der Waals surface area contributed by atoms with Crippen LogP contribution in [0.2, 0.25) is 10.0 Å². The van der Waals surface area contributed by atoms with Crippen LogP contribution in [0.1, 0.15) is 28.8 Å². The third-order valence-corrected chi connectivity index (χ3v) is 5.05. The normalized spacial score (nSPS) is 15.4. The van der Waals surface area contributed by atoms with E-state index in [1.54, 1.807) is 0 Å². The summed E-state index contributed by atoms with van der Waals surface area (Å²) in [5, 5.41) is 2.63. The molecule has 0 unspecified atom stereocenters. The van der Waals surface area contributed by atoms with Crippen LogP contribution in [0, 0.1) is 0 Å². The van der Waals surface area contributed by atoms with Gasteiger partial charge < -0.3 is 23.9 Å². The highest BCUT2D eigenvalue weighted by molar-refractivity contribution is 6.37. The van der Waals surface area contributed by atoms with Crippen LogP contribution in [0.25, 0.3) is 6.08 Å². The van der Waals surface area contributed by atoms with Gasteiger partial charge in [0.1, 0.15) is 11.5 Å². The van der Waals surface area contributed by atoms with Crippen molar-refractivity contribution in [2.75, 3.05) is 14.2 Å². The van der Waals surface area contributed by atoms with E-state index in [1.807, 2.05) is 0 Å². The Kier molecular flexibility index (Phi) is 7.29. The molecule has 0 spiro atoms. The molecule has 2 heterocycles. The number of nitrogens with one attached hydrogen (secondary N) is 1. The molecule has 2 aromatic rings. The summed E-state index contributed by atoms with van der Waals surface area (Å²) < 4.78 is 19.9. The van der Waals surface area contributed by atoms with Crippen LogP contribution < -0.4 is 10.1 Å². The minimum atomic E-state index is -0.945. The molecule has 1 atom stereocenters. The number of urea groups is 1. The van der Waals surface area contributed by atoms with Crippen molar-refractivity contribution in [1.82, 2.24) is 10.2 Å². The number of furan rings is 1. The van der Waals surface area contributed by atoms with Crippen molar-refractivity contribution in [3.63, 3.8) is 0 Å². The summed E-state index contributed by atoms with van der Waals surface area (Å²) in [6.07, 6.45) is 0.438. The van der Waals surface area contributed by atoms with Crippen molar-refractivity contribution in [2.24, 2.45) is 0 Å². The molecule has 174 valence electrons. The predicted molar refractivity (Wildman–Crippen MR) is 116 cm³/mol. The van der Waals surface area contributed by atoms with Gasteiger partial charge in [-0.1, -0.05) is 23.2 Å². The smallest absolute Gasteiger partial charge is 0.373 e. The molecule has 0 bridgehead atoms. The SMILES string of the molecule is COC(=O)c1ccc(CN2C(=O)N/C(=C\c3cc(Cl)c(O[C@@H](C)C(=O)OC)c(Cl)c3)C2=O)o1. The van der Waals surface area contributed by atoms with E-state index in [0.29, 0.717) is 5.56 Å². The fourth-order valence-electron chi connectivity index (χ4n) is 2.88. The van der Waals surface area contributed by atoms with E-state index in [9.17, 15) is 19.2 Å². The molecule has 3 amide bonds. The van der Waals surface area contributed by atoms with Crippen LogP contribution in [-0.4, -0.2) is 49.1 Å². The minimum Gasteiger partial charge on any atom is -0.476 e. The number of nitrogens with zero attached hydrogens (tertiary/aromatic N) is 1. The van der Waals surface area contributed by atoms with Crippen LogP contribution in [0.3, 0.4) is 0 Å². The topological polar surface area (TPSA) is 124 Å². The quantitative estimate of drug-likeness (QED) is 0.351. The number of carbonyl (C=O) groups is 4. The molecule has 12 heteroatoms. The lowest BCUT2D eigenvalue weighted by atomic mass is 10.1. The van der Waals surface area contributed by atoms with Crippen LogP contribution in [0.15, 0.2) is 34.4 Å². The number of imide groups is 1. The minimum absolute atomic E-state index is 0.0246. The maximum atomic E-state index is 12.7. The molecule has 1 aromatic heterocycles. The molecule has 1 aromatic carbocycles. The summed E-state index contributed by atoms with van der Waals surface area (Å²) in [5.74, 6) is -1.68. The second kappa shape index (κ2) is 9.97. The van der Waals surface area contributed by atoms with Crippen molar-refractivity contribution >= 4 is 53.2 Å². The van der Waals surface area contributed by atoms with Gasteiger partial charge in [-0.2, -0.15) is 0 Å². The summed E-state index contributed by atoms with van der Waals surface area (Å²) in [6, 6.07) is 5.08. The van der Waals surface area contributed by atoms with Gasteiger partial charge in [0.05, 0.1) is 30.8 Å². The third kappa shape index (κ3) is 5.29. The van der Waals surface area contributed by atoms with E-state index in [1.165, 1.54) is 51.5 Å². The van der Waals surface area contributed by atoms with Gasteiger partial charge in [0.2, 0.25) is 5.76 Å². The van der Waals surface area contributed by atoms with E-state index in [-0.39, 0.29) is 39.6 Å². The Bertz CT molecular complexity index is 1130. The standard InChI is InChI=1S/C21H18Cl2N2O8/c1-10(19(27)30-2)32-17-13(22)6-11(7-14(17)23)8-15-18(26)25(21(29)24-15)9-12-4-5-16(33-12)20(28)31-3/h4-8,10H,9H2,1-3H3,(H,24,29)/b15-8-/t10-/m0/s1.